The molecule has 1 heterocycles. The van der Waals surface area contributed by atoms with Crippen molar-refractivity contribution in [1.82, 2.24) is 5.32 Å². The van der Waals surface area contributed by atoms with Gasteiger partial charge in [0.25, 0.3) is 0 Å². The van der Waals surface area contributed by atoms with Crippen LogP contribution in [0.25, 0.3) is 0 Å². The third-order valence-corrected chi connectivity index (χ3v) is 3.80. The summed E-state index contributed by atoms with van der Waals surface area (Å²) in [5, 5.41) is 3.23. The number of methoxy groups -OCH3 is 1. The SMILES string of the molecule is CNCC1CSc2ccc(OC)cc21. The highest BCUT2D eigenvalue weighted by atomic mass is 32.2. The van der Waals surface area contributed by atoms with Gasteiger partial charge in [0.05, 0.1) is 7.11 Å². The molecule has 3 heteroatoms. The summed E-state index contributed by atoms with van der Waals surface area (Å²) in [7, 11) is 3.72. The van der Waals surface area contributed by atoms with Gasteiger partial charge in [-0.3, -0.25) is 0 Å². The van der Waals surface area contributed by atoms with Crippen molar-refractivity contribution >= 4 is 11.8 Å². The molecule has 1 aliphatic heterocycles. The summed E-state index contributed by atoms with van der Waals surface area (Å²) in [5.41, 5.74) is 1.43. The van der Waals surface area contributed by atoms with E-state index < -0.39 is 0 Å². The first-order valence-electron chi connectivity index (χ1n) is 4.80. The van der Waals surface area contributed by atoms with Crippen LogP contribution in [0.5, 0.6) is 5.75 Å². The van der Waals surface area contributed by atoms with Crippen LogP contribution in [0.15, 0.2) is 23.1 Å². The van der Waals surface area contributed by atoms with E-state index in [1.165, 1.54) is 16.2 Å². The number of fused-ring (bicyclic) bond motifs is 1. The fourth-order valence-corrected chi connectivity index (χ4v) is 3.03. The molecular formula is C11H15NOS. The molecule has 1 aliphatic rings. The second-order valence-corrected chi connectivity index (χ2v) is 4.53. The second-order valence-electron chi connectivity index (χ2n) is 3.47. The summed E-state index contributed by atoms with van der Waals surface area (Å²) in [6.45, 7) is 1.05. The van der Waals surface area contributed by atoms with Crippen LogP contribution in [0, 0.1) is 0 Å². The van der Waals surface area contributed by atoms with Crippen molar-refractivity contribution in [2.24, 2.45) is 0 Å². The molecule has 0 saturated heterocycles. The molecule has 1 aromatic rings. The zero-order valence-electron chi connectivity index (χ0n) is 8.54. The molecule has 0 bridgehead atoms. The Balaban J connectivity index is 2.27. The van der Waals surface area contributed by atoms with E-state index in [9.17, 15) is 0 Å². The smallest absolute Gasteiger partial charge is 0.119 e. The highest BCUT2D eigenvalue weighted by Crippen LogP contribution is 2.40. The van der Waals surface area contributed by atoms with Crippen LogP contribution in [0.2, 0.25) is 0 Å². The van der Waals surface area contributed by atoms with E-state index in [0.717, 1.165) is 12.3 Å². The maximum Gasteiger partial charge on any atom is 0.119 e. The molecule has 0 aliphatic carbocycles. The third-order valence-electron chi connectivity index (χ3n) is 2.55. The maximum atomic E-state index is 5.24. The Morgan fingerprint density at radius 2 is 2.43 bits per heavy atom. The van der Waals surface area contributed by atoms with Gasteiger partial charge in [0.1, 0.15) is 5.75 Å². The molecule has 0 radical (unpaired) electrons. The van der Waals surface area contributed by atoms with Crippen molar-refractivity contribution in [3.05, 3.63) is 23.8 Å². The molecule has 1 N–H and O–H groups in total. The Morgan fingerprint density at radius 3 is 3.14 bits per heavy atom. The van der Waals surface area contributed by atoms with Crippen LogP contribution in [0.3, 0.4) is 0 Å². The Hall–Kier alpha value is -0.670. The monoisotopic (exact) mass is 209 g/mol. The van der Waals surface area contributed by atoms with Gasteiger partial charge in [0.15, 0.2) is 0 Å². The predicted molar refractivity (Wildman–Crippen MR) is 60.4 cm³/mol. The minimum atomic E-state index is 0.634. The van der Waals surface area contributed by atoms with Crippen molar-refractivity contribution in [1.29, 1.82) is 0 Å². The second kappa shape index (κ2) is 4.24. The van der Waals surface area contributed by atoms with Crippen LogP contribution in [0.1, 0.15) is 11.5 Å². The summed E-state index contributed by atoms with van der Waals surface area (Å²) < 4.78 is 5.24. The van der Waals surface area contributed by atoms with Crippen LogP contribution >= 0.6 is 11.8 Å². The van der Waals surface area contributed by atoms with E-state index in [-0.39, 0.29) is 0 Å². The molecule has 0 aromatic heterocycles. The fraction of sp³-hybridized carbons (Fsp3) is 0.455. The molecule has 76 valence electrons. The van der Waals surface area contributed by atoms with Crippen molar-refractivity contribution in [3.63, 3.8) is 0 Å². The van der Waals surface area contributed by atoms with Gasteiger partial charge in [-0.2, -0.15) is 0 Å². The number of thioether (sulfide) groups is 1. The summed E-state index contributed by atoms with van der Waals surface area (Å²) >= 11 is 1.94. The molecule has 2 rings (SSSR count). The molecule has 1 unspecified atom stereocenters. The van der Waals surface area contributed by atoms with Crippen molar-refractivity contribution in [2.75, 3.05) is 26.5 Å². The van der Waals surface area contributed by atoms with Gasteiger partial charge in [-0.1, -0.05) is 0 Å². The molecule has 1 aromatic carbocycles. The number of hydrogen-bond acceptors (Lipinski definition) is 3. The topological polar surface area (TPSA) is 21.3 Å². The van der Waals surface area contributed by atoms with Crippen LogP contribution in [0.4, 0.5) is 0 Å². The molecule has 0 spiro atoms. The lowest BCUT2D eigenvalue weighted by Crippen LogP contribution is -2.16. The first-order valence-corrected chi connectivity index (χ1v) is 5.79. The van der Waals surface area contributed by atoms with E-state index in [1.54, 1.807) is 7.11 Å². The first kappa shape index (κ1) is 9.87. The Labute approximate surface area is 89.0 Å². The lowest BCUT2D eigenvalue weighted by atomic mass is 10.0. The van der Waals surface area contributed by atoms with E-state index in [1.807, 2.05) is 24.9 Å². The Morgan fingerprint density at radius 1 is 1.57 bits per heavy atom. The summed E-state index contributed by atoms with van der Waals surface area (Å²) in [6.07, 6.45) is 0. The van der Waals surface area contributed by atoms with Gasteiger partial charge >= 0.3 is 0 Å². The number of ether oxygens (including phenoxy) is 1. The van der Waals surface area contributed by atoms with Crippen molar-refractivity contribution in [2.45, 2.75) is 10.8 Å². The van der Waals surface area contributed by atoms with Gasteiger partial charge in [-0.25, -0.2) is 0 Å². The van der Waals surface area contributed by atoms with Crippen LogP contribution < -0.4 is 10.1 Å². The maximum absolute atomic E-state index is 5.24. The average molecular weight is 209 g/mol. The van der Waals surface area contributed by atoms with E-state index >= 15 is 0 Å². The highest BCUT2D eigenvalue weighted by molar-refractivity contribution is 7.99. The van der Waals surface area contributed by atoms with E-state index in [2.05, 4.69) is 17.4 Å². The standard InChI is InChI=1S/C11H15NOS/c1-12-6-8-7-14-11-4-3-9(13-2)5-10(8)11/h3-5,8,12H,6-7H2,1-2H3. The zero-order valence-corrected chi connectivity index (χ0v) is 9.36. The summed E-state index contributed by atoms with van der Waals surface area (Å²) in [5.74, 6) is 2.78. The normalized spacial score (nSPS) is 19.4. The van der Waals surface area contributed by atoms with Crippen LogP contribution in [-0.2, 0) is 0 Å². The average Bonchev–Trinajstić information content (AvgIpc) is 2.61. The number of benzene rings is 1. The number of likely N-dealkylation sites (N-methyl/N-ethyl adjacent to an activating group) is 1. The van der Waals surface area contributed by atoms with Gasteiger partial charge < -0.3 is 10.1 Å². The van der Waals surface area contributed by atoms with E-state index in [4.69, 9.17) is 4.74 Å². The third kappa shape index (κ3) is 1.74. The Bertz CT molecular complexity index is 325. The zero-order chi connectivity index (χ0) is 9.97. The number of hydrogen-bond donors (Lipinski definition) is 1. The van der Waals surface area contributed by atoms with Gasteiger partial charge in [0, 0.05) is 23.1 Å². The lowest BCUT2D eigenvalue weighted by molar-refractivity contribution is 0.413. The summed E-state index contributed by atoms with van der Waals surface area (Å²) in [6, 6.07) is 6.36. The van der Waals surface area contributed by atoms with Crippen molar-refractivity contribution < 1.29 is 4.74 Å². The minimum absolute atomic E-state index is 0.634. The molecule has 0 fully saturated rings. The highest BCUT2D eigenvalue weighted by Gasteiger charge is 2.22. The van der Waals surface area contributed by atoms with Crippen LogP contribution in [-0.4, -0.2) is 26.5 Å². The molecule has 1 atom stereocenters. The lowest BCUT2D eigenvalue weighted by Gasteiger charge is -2.10. The molecule has 0 saturated carbocycles. The van der Waals surface area contributed by atoms with Gasteiger partial charge in [-0.15, -0.1) is 11.8 Å². The predicted octanol–water partition coefficient (Wildman–Crippen LogP) is 2.10. The minimum Gasteiger partial charge on any atom is -0.497 e. The quantitative estimate of drug-likeness (QED) is 0.823. The van der Waals surface area contributed by atoms with E-state index in [0.29, 0.717) is 5.92 Å². The number of nitrogens with one attached hydrogen (secondary N) is 1. The molecule has 14 heavy (non-hydrogen) atoms. The fourth-order valence-electron chi connectivity index (χ4n) is 1.80. The largest absolute Gasteiger partial charge is 0.497 e. The first-order chi connectivity index (χ1) is 6.85. The Kier molecular flexibility index (Phi) is 2.99. The van der Waals surface area contributed by atoms with Gasteiger partial charge in [-0.05, 0) is 30.8 Å². The molecule has 2 nitrogen and oxygen atoms in total. The molecular weight excluding hydrogens is 194 g/mol. The number of rotatable bonds is 3. The van der Waals surface area contributed by atoms with Gasteiger partial charge in [0.2, 0.25) is 0 Å². The summed E-state index contributed by atoms with van der Waals surface area (Å²) in [4.78, 5) is 1.41. The van der Waals surface area contributed by atoms with Crippen molar-refractivity contribution in [3.8, 4) is 5.75 Å². The molecule has 0 amide bonds.